The van der Waals surface area contributed by atoms with E-state index in [2.05, 4.69) is 25.9 Å². The molecule has 2 heterocycles. The number of ether oxygens (including phenoxy) is 2. The SMILES string of the molecule is Cc1nc(N)nc2c(OCC3CCOC3)cc(Br)cc12. The van der Waals surface area contributed by atoms with Crippen molar-refractivity contribution >= 4 is 32.8 Å². The molecule has 1 aromatic carbocycles. The molecule has 1 unspecified atom stereocenters. The van der Waals surface area contributed by atoms with Crippen LogP contribution in [0.5, 0.6) is 5.75 Å². The summed E-state index contributed by atoms with van der Waals surface area (Å²) in [6.07, 6.45) is 1.04. The highest BCUT2D eigenvalue weighted by Crippen LogP contribution is 2.31. The first-order valence-corrected chi connectivity index (χ1v) is 7.36. The minimum Gasteiger partial charge on any atom is -0.491 e. The average molecular weight is 338 g/mol. The van der Waals surface area contributed by atoms with E-state index in [9.17, 15) is 0 Å². The molecule has 0 radical (unpaired) electrons. The first-order valence-electron chi connectivity index (χ1n) is 6.57. The summed E-state index contributed by atoms with van der Waals surface area (Å²) in [6, 6.07) is 3.90. The molecule has 1 atom stereocenters. The summed E-state index contributed by atoms with van der Waals surface area (Å²) in [7, 11) is 0. The molecule has 0 aliphatic carbocycles. The Morgan fingerprint density at radius 2 is 2.30 bits per heavy atom. The third-order valence-electron chi connectivity index (χ3n) is 3.44. The largest absolute Gasteiger partial charge is 0.491 e. The Balaban J connectivity index is 1.95. The number of nitrogens with two attached hydrogens (primary N) is 1. The number of nitrogen functional groups attached to an aromatic ring is 1. The zero-order chi connectivity index (χ0) is 14.1. The number of aryl methyl sites for hydroxylation is 1. The van der Waals surface area contributed by atoms with Gasteiger partial charge in [0.1, 0.15) is 11.3 Å². The molecule has 2 aromatic rings. The van der Waals surface area contributed by atoms with Crippen LogP contribution < -0.4 is 10.5 Å². The Morgan fingerprint density at radius 1 is 1.45 bits per heavy atom. The molecule has 5 nitrogen and oxygen atoms in total. The highest BCUT2D eigenvalue weighted by atomic mass is 79.9. The minimum absolute atomic E-state index is 0.270. The van der Waals surface area contributed by atoms with Gasteiger partial charge in [-0.2, -0.15) is 0 Å². The maximum absolute atomic E-state index is 5.94. The lowest BCUT2D eigenvalue weighted by Crippen LogP contribution is -2.12. The van der Waals surface area contributed by atoms with Crippen molar-refractivity contribution < 1.29 is 9.47 Å². The summed E-state index contributed by atoms with van der Waals surface area (Å²) in [4.78, 5) is 8.50. The van der Waals surface area contributed by atoms with Gasteiger partial charge in [0, 0.05) is 22.4 Å². The zero-order valence-electron chi connectivity index (χ0n) is 11.2. The standard InChI is InChI=1S/C14H16BrN3O2/c1-8-11-4-10(15)5-12(13(11)18-14(16)17-8)20-7-9-2-3-19-6-9/h4-5,9H,2-3,6-7H2,1H3,(H2,16,17,18). The molecule has 1 saturated heterocycles. The maximum Gasteiger partial charge on any atom is 0.220 e. The van der Waals surface area contributed by atoms with E-state index in [0.717, 1.165) is 46.5 Å². The van der Waals surface area contributed by atoms with Gasteiger partial charge in [0.2, 0.25) is 5.95 Å². The van der Waals surface area contributed by atoms with E-state index >= 15 is 0 Å². The molecule has 6 heteroatoms. The second-order valence-electron chi connectivity index (χ2n) is 5.01. The van der Waals surface area contributed by atoms with E-state index in [-0.39, 0.29) is 5.95 Å². The predicted octanol–water partition coefficient (Wildman–Crippen LogP) is 2.70. The molecule has 0 spiro atoms. The van der Waals surface area contributed by atoms with Crippen LogP contribution in [0.4, 0.5) is 5.95 Å². The maximum atomic E-state index is 5.94. The van der Waals surface area contributed by atoms with E-state index in [1.165, 1.54) is 0 Å². The number of benzene rings is 1. The highest BCUT2D eigenvalue weighted by molar-refractivity contribution is 9.10. The summed E-state index contributed by atoms with van der Waals surface area (Å²) in [5.41, 5.74) is 7.35. The first kappa shape index (κ1) is 13.6. The van der Waals surface area contributed by atoms with Crippen LogP contribution in [0.1, 0.15) is 12.1 Å². The molecule has 1 aliphatic rings. The fraction of sp³-hybridized carbons (Fsp3) is 0.429. The number of anilines is 1. The summed E-state index contributed by atoms with van der Waals surface area (Å²) in [5.74, 6) is 1.45. The van der Waals surface area contributed by atoms with Gasteiger partial charge in [-0.25, -0.2) is 9.97 Å². The van der Waals surface area contributed by atoms with Crippen molar-refractivity contribution in [1.29, 1.82) is 0 Å². The number of hydrogen-bond donors (Lipinski definition) is 1. The number of hydrogen-bond acceptors (Lipinski definition) is 5. The monoisotopic (exact) mass is 337 g/mol. The van der Waals surface area contributed by atoms with Crippen molar-refractivity contribution in [2.24, 2.45) is 5.92 Å². The summed E-state index contributed by atoms with van der Waals surface area (Å²) in [6.45, 7) is 4.14. The van der Waals surface area contributed by atoms with Gasteiger partial charge in [-0.15, -0.1) is 0 Å². The Kier molecular flexibility index (Phi) is 3.76. The van der Waals surface area contributed by atoms with Gasteiger partial charge < -0.3 is 15.2 Å². The number of nitrogens with zero attached hydrogens (tertiary/aromatic N) is 2. The van der Waals surface area contributed by atoms with Crippen molar-refractivity contribution in [2.45, 2.75) is 13.3 Å². The fourth-order valence-corrected chi connectivity index (χ4v) is 2.81. The Hall–Kier alpha value is -1.40. The van der Waals surface area contributed by atoms with E-state index < -0.39 is 0 Å². The molecule has 0 amide bonds. The van der Waals surface area contributed by atoms with Crippen LogP contribution in [0.2, 0.25) is 0 Å². The number of rotatable bonds is 3. The first-order chi connectivity index (χ1) is 9.63. The third kappa shape index (κ3) is 2.71. The lowest BCUT2D eigenvalue weighted by Gasteiger charge is -2.13. The molecular weight excluding hydrogens is 322 g/mol. The summed E-state index contributed by atoms with van der Waals surface area (Å²) < 4.78 is 12.2. The van der Waals surface area contributed by atoms with E-state index in [4.69, 9.17) is 15.2 Å². The Labute approximate surface area is 125 Å². The summed E-state index contributed by atoms with van der Waals surface area (Å²) in [5, 5.41) is 0.950. The van der Waals surface area contributed by atoms with Crippen LogP contribution in [0, 0.1) is 12.8 Å². The average Bonchev–Trinajstić information content (AvgIpc) is 2.90. The predicted molar refractivity (Wildman–Crippen MR) is 80.8 cm³/mol. The smallest absolute Gasteiger partial charge is 0.220 e. The van der Waals surface area contributed by atoms with Crippen LogP contribution >= 0.6 is 15.9 Å². The summed E-state index contributed by atoms with van der Waals surface area (Å²) >= 11 is 3.50. The molecule has 2 N–H and O–H groups in total. The van der Waals surface area contributed by atoms with Crippen LogP contribution in [0.15, 0.2) is 16.6 Å². The van der Waals surface area contributed by atoms with E-state index in [1.807, 2.05) is 19.1 Å². The van der Waals surface area contributed by atoms with Crippen molar-refractivity contribution in [3.05, 3.63) is 22.3 Å². The Bertz CT molecular complexity index is 642. The molecule has 1 fully saturated rings. The molecule has 3 rings (SSSR count). The van der Waals surface area contributed by atoms with Gasteiger partial charge in [-0.3, -0.25) is 0 Å². The van der Waals surface area contributed by atoms with Crippen LogP contribution in [0.3, 0.4) is 0 Å². The second-order valence-corrected chi connectivity index (χ2v) is 5.92. The van der Waals surface area contributed by atoms with Gasteiger partial charge >= 0.3 is 0 Å². The van der Waals surface area contributed by atoms with Gasteiger partial charge in [0.25, 0.3) is 0 Å². The minimum atomic E-state index is 0.270. The van der Waals surface area contributed by atoms with Gasteiger partial charge in [0.15, 0.2) is 0 Å². The Morgan fingerprint density at radius 3 is 3.05 bits per heavy atom. The molecule has 1 aliphatic heterocycles. The molecule has 106 valence electrons. The van der Waals surface area contributed by atoms with Crippen molar-refractivity contribution in [3.8, 4) is 5.75 Å². The molecule has 20 heavy (non-hydrogen) atoms. The normalized spacial score (nSPS) is 18.6. The molecule has 0 bridgehead atoms. The van der Waals surface area contributed by atoms with Gasteiger partial charge in [0.05, 0.1) is 18.9 Å². The molecular formula is C14H16BrN3O2. The third-order valence-corrected chi connectivity index (χ3v) is 3.89. The topological polar surface area (TPSA) is 70.3 Å². The van der Waals surface area contributed by atoms with E-state index in [1.54, 1.807) is 0 Å². The van der Waals surface area contributed by atoms with Gasteiger partial charge in [-0.1, -0.05) is 15.9 Å². The van der Waals surface area contributed by atoms with Crippen molar-refractivity contribution in [2.75, 3.05) is 25.6 Å². The van der Waals surface area contributed by atoms with E-state index in [0.29, 0.717) is 12.5 Å². The number of halogens is 1. The van der Waals surface area contributed by atoms with Gasteiger partial charge in [-0.05, 0) is 25.5 Å². The van der Waals surface area contributed by atoms with Crippen LogP contribution in [-0.2, 0) is 4.74 Å². The lowest BCUT2D eigenvalue weighted by atomic mass is 10.1. The van der Waals surface area contributed by atoms with Crippen LogP contribution in [0.25, 0.3) is 10.9 Å². The number of fused-ring (bicyclic) bond motifs is 1. The second kappa shape index (κ2) is 5.54. The quantitative estimate of drug-likeness (QED) is 0.932. The fourth-order valence-electron chi connectivity index (χ4n) is 2.37. The highest BCUT2D eigenvalue weighted by Gasteiger charge is 2.17. The lowest BCUT2D eigenvalue weighted by molar-refractivity contribution is 0.167. The van der Waals surface area contributed by atoms with Crippen molar-refractivity contribution in [3.63, 3.8) is 0 Å². The molecule has 1 aromatic heterocycles. The number of aromatic nitrogens is 2. The zero-order valence-corrected chi connectivity index (χ0v) is 12.8. The molecule has 0 saturated carbocycles. The van der Waals surface area contributed by atoms with Crippen molar-refractivity contribution in [1.82, 2.24) is 9.97 Å². The van der Waals surface area contributed by atoms with Crippen LogP contribution in [-0.4, -0.2) is 29.8 Å².